The molecule has 4 heteroatoms. The largest absolute Gasteiger partial charge is 0.481 e. The van der Waals surface area contributed by atoms with E-state index in [1.54, 1.807) is 6.20 Å². The van der Waals surface area contributed by atoms with Crippen molar-refractivity contribution >= 4 is 22.7 Å². The molecule has 20 heavy (non-hydrogen) atoms. The number of aliphatic carboxylic acids is 1. The van der Waals surface area contributed by atoms with Gasteiger partial charge in [-0.25, -0.2) is 0 Å². The van der Waals surface area contributed by atoms with E-state index in [-0.39, 0.29) is 18.6 Å². The minimum atomic E-state index is -0.943. The van der Waals surface area contributed by atoms with Crippen LogP contribution in [0.15, 0.2) is 24.4 Å². The Morgan fingerprint density at radius 2 is 1.95 bits per heavy atom. The van der Waals surface area contributed by atoms with E-state index in [1.165, 1.54) is 5.56 Å². The van der Waals surface area contributed by atoms with E-state index in [9.17, 15) is 9.59 Å². The Hall–Kier alpha value is -2.10. The van der Waals surface area contributed by atoms with Crippen molar-refractivity contribution in [2.45, 2.75) is 32.6 Å². The first-order valence-electron chi connectivity index (χ1n) is 6.74. The Morgan fingerprint density at radius 1 is 1.25 bits per heavy atom. The molecule has 0 aliphatic carbocycles. The Morgan fingerprint density at radius 3 is 2.55 bits per heavy atom. The lowest BCUT2D eigenvalue weighted by atomic mass is 9.99. The van der Waals surface area contributed by atoms with E-state index < -0.39 is 5.97 Å². The third-order valence-electron chi connectivity index (χ3n) is 3.55. The number of fused-ring (bicyclic) bond motifs is 1. The van der Waals surface area contributed by atoms with Crippen LogP contribution in [0.4, 0.5) is 0 Å². The van der Waals surface area contributed by atoms with E-state index in [4.69, 9.17) is 5.11 Å². The minimum absolute atomic E-state index is 0.0420. The predicted molar refractivity (Wildman–Crippen MR) is 78.2 cm³/mol. The van der Waals surface area contributed by atoms with Crippen molar-refractivity contribution in [2.24, 2.45) is 7.05 Å². The standard InChI is InChI=1S/C16H19NO3/c1-10(2)11-4-5-14-12(8-11)13(9-17(14)3)15(18)6-7-16(19)20/h4-5,8-10H,6-7H2,1-3H3,(H,19,20). The molecule has 0 radical (unpaired) electrons. The highest BCUT2D eigenvalue weighted by Gasteiger charge is 2.15. The van der Waals surface area contributed by atoms with Gasteiger partial charge in [0.1, 0.15) is 0 Å². The monoisotopic (exact) mass is 273 g/mol. The molecule has 0 aliphatic heterocycles. The molecule has 2 rings (SSSR count). The van der Waals surface area contributed by atoms with Crippen molar-refractivity contribution in [2.75, 3.05) is 0 Å². The number of carbonyl (C=O) groups excluding carboxylic acids is 1. The number of ketones is 1. The smallest absolute Gasteiger partial charge is 0.303 e. The first-order valence-corrected chi connectivity index (χ1v) is 6.74. The molecule has 0 bridgehead atoms. The number of hydrogen-bond acceptors (Lipinski definition) is 2. The van der Waals surface area contributed by atoms with E-state index in [0.29, 0.717) is 11.5 Å². The van der Waals surface area contributed by atoms with E-state index >= 15 is 0 Å². The molecule has 2 aromatic rings. The summed E-state index contributed by atoms with van der Waals surface area (Å²) < 4.78 is 1.91. The molecular formula is C16H19NO3. The lowest BCUT2D eigenvalue weighted by molar-refractivity contribution is -0.136. The predicted octanol–water partition coefficient (Wildman–Crippen LogP) is 3.35. The molecule has 0 saturated carbocycles. The molecule has 0 spiro atoms. The maximum absolute atomic E-state index is 12.2. The fourth-order valence-electron chi connectivity index (χ4n) is 2.35. The number of carboxylic acid groups (broad SMARTS) is 1. The molecule has 1 N–H and O–H groups in total. The van der Waals surface area contributed by atoms with Gasteiger partial charge in [-0.15, -0.1) is 0 Å². The maximum atomic E-state index is 12.2. The number of rotatable bonds is 5. The van der Waals surface area contributed by atoms with Crippen LogP contribution in [0.3, 0.4) is 0 Å². The molecule has 1 aromatic carbocycles. The van der Waals surface area contributed by atoms with Gasteiger partial charge in [0.2, 0.25) is 0 Å². The lowest BCUT2D eigenvalue weighted by Gasteiger charge is -2.06. The van der Waals surface area contributed by atoms with Crippen molar-refractivity contribution in [3.63, 3.8) is 0 Å². The molecule has 0 fully saturated rings. The molecule has 0 amide bonds. The summed E-state index contributed by atoms with van der Waals surface area (Å²) in [6, 6.07) is 6.12. The Bertz CT molecular complexity index is 668. The second kappa shape index (κ2) is 5.49. The van der Waals surface area contributed by atoms with Gasteiger partial charge in [-0.3, -0.25) is 9.59 Å². The van der Waals surface area contributed by atoms with Crippen LogP contribution in [0.2, 0.25) is 0 Å². The van der Waals surface area contributed by atoms with Gasteiger partial charge in [-0.05, 0) is 23.6 Å². The van der Waals surface area contributed by atoms with Gasteiger partial charge < -0.3 is 9.67 Å². The van der Waals surface area contributed by atoms with Crippen LogP contribution < -0.4 is 0 Å². The highest BCUT2D eigenvalue weighted by Crippen LogP contribution is 2.26. The van der Waals surface area contributed by atoms with Crippen LogP contribution in [0.1, 0.15) is 48.5 Å². The highest BCUT2D eigenvalue weighted by atomic mass is 16.4. The van der Waals surface area contributed by atoms with Gasteiger partial charge in [-0.1, -0.05) is 19.9 Å². The summed E-state index contributed by atoms with van der Waals surface area (Å²) in [5, 5.41) is 9.60. The third-order valence-corrected chi connectivity index (χ3v) is 3.55. The van der Waals surface area contributed by atoms with E-state index in [1.807, 2.05) is 23.7 Å². The first kappa shape index (κ1) is 14.3. The topological polar surface area (TPSA) is 59.3 Å². The SMILES string of the molecule is CC(C)c1ccc2c(c1)c(C(=O)CCC(=O)O)cn2C. The number of benzene rings is 1. The summed E-state index contributed by atoms with van der Waals surface area (Å²) in [7, 11) is 1.89. The highest BCUT2D eigenvalue weighted by molar-refractivity contribution is 6.08. The number of aromatic nitrogens is 1. The molecule has 4 nitrogen and oxygen atoms in total. The fraction of sp³-hybridized carbons (Fsp3) is 0.375. The molecule has 0 aliphatic rings. The fourth-order valence-corrected chi connectivity index (χ4v) is 2.35. The Kier molecular flexibility index (Phi) is 3.93. The van der Waals surface area contributed by atoms with Gasteiger partial charge in [0.25, 0.3) is 0 Å². The third kappa shape index (κ3) is 2.74. The number of Topliss-reactive ketones (excluding diaryl/α,β-unsaturated/α-hetero) is 1. The summed E-state index contributed by atoms with van der Waals surface area (Å²) in [5.41, 5.74) is 2.79. The van der Waals surface area contributed by atoms with Crippen LogP contribution >= 0.6 is 0 Å². The summed E-state index contributed by atoms with van der Waals surface area (Å²) >= 11 is 0. The molecule has 0 atom stereocenters. The Balaban J connectivity index is 2.44. The van der Waals surface area contributed by atoms with Gasteiger partial charge in [0.15, 0.2) is 5.78 Å². The first-order chi connectivity index (χ1) is 9.40. The van der Waals surface area contributed by atoms with Gasteiger partial charge in [0.05, 0.1) is 6.42 Å². The Labute approximate surface area is 118 Å². The average molecular weight is 273 g/mol. The quantitative estimate of drug-likeness (QED) is 0.850. The zero-order chi connectivity index (χ0) is 14.9. The van der Waals surface area contributed by atoms with Crippen LogP contribution in [0.5, 0.6) is 0 Å². The zero-order valence-electron chi connectivity index (χ0n) is 12.0. The van der Waals surface area contributed by atoms with Crippen LogP contribution in [-0.4, -0.2) is 21.4 Å². The van der Waals surface area contributed by atoms with Gasteiger partial charge >= 0.3 is 5.97 Å². The minimum Gasteiger partial charge on any atom is -0.481 e. The molecule has 0 saturated heterocycles. The van der Waals surface area contributed by atoms with Crippen LogP contribution in [0, 0.1) is 0 Å². The van der Waals surface area contributed by atoms with Crippen molar-refractivity contribution < 1.29 is 14.7 Å². The molecular weight excluding hydrogens is 254 g/mol. The molecule has 0 unspecified atom stereocenters. The number of carbonyl (C=O) groups is 2. The summed E-state index contributed by atoms with van der Waals surface area (Å²) in [6.45, 7) is 4.21. The summed E-state index contributed by atoms with van der Waals surface area (Å²) in [6.07, 6.45) is 1.71. The van der Waals surface area contributed by atoms with Crippen LogP contribution in [-0.2, 0) is 11.8 Å². The van der Waals surface area contributed by atoms with Gasteiger partial charge in [-0.2, -0.15) is 0 Å². The summed E-state index contributed by atoms with van der Waals surface area (Å²) in [4.78, 5) is 22.8. The van der Waals surface area contributed by atoms with E-state index in [0.717, 1.165) is 10.9 Å². The zero-order valence-corrected chi connectivity index (χ0v) is 12.0. The van der Waals surface area contributed by atoms with Crippen molar-refractivity contribution in [1.82, 2.24) is 4.57 Å². The number of nitrogens with zero attached hydrogens (tertiary/aromatic N) is 1. The summed E-state index contributed by atoms with van der Waals surface area (Å²) in [5.74, 6) is -0.665. The van der Waals surface area contributed by atoms with Crippen molar-refractivity contribution in [3.8, 4) is 0 Å². The normalized spacial score (nSPS) is 11.2. The average Bonchev–Trinajstić information content (AvgIpc) is 2.73. The van der Waals surface area contributed by atoms with Crippen LogP contribution in [0.25, 0.3) is 10.9 Å². The number of carboxylic acids is 1. The molecule has 1 aromatic heterocycles. The van der Waals surface area contributed by atoms with E-state index in [2.05, 4.69) is 19.9 Å². The number of aryl methyl sites for hydroxylation is 1. The molecule has 106 valence electrons. The van der Waals surface area contributed by atoms with Gasteiger partial charge in [0, 0.05) is 36.1 Å². The van der Waals surface area contributed by atoms with Crippen molar-refractivity contribution in [1.29, 1.82) is 0 Å². The number of hydrogen-bond donors (Lipinski definition) is 1. The van der Waals surface area contributed by atoms with Crippen molar-refractivity contribution in [3.05, 3.63) is 35.5 Å². The second-order valence-electron chi connectivity index (χ2n) is 5.40. The lowest BCUT2D eigenvalue weighted by Crippen LogP contribution is -2.03. The maximum Gasteiger partial charge on any atom is 0.303 e. The molecule has 1 heterocycles. The second-order valence-corrected chi connectivity index (χ2v) is 5.40.